The number of methoxy groups -OCH3 is 2. The fourth-order valence-electron chi connectivity index (χ4n) is 3.17. The highest BCUT2D eigenvalue weighted by molar-refractivity contribution is 7.09. The van der Waals surface area contributed by atoms with Gasteiger partial charge in [0.15, 0.2) is 0 Å². The van der Waals surface area contributed by atoms with Gasteiger partial charge in [0.2, 0.25) is 5.88 Å². The van der Waals surface area contributed by atoms with Crippen molar-refractivity contribution in [3.63, 3.8) is 0 Å². The van der Waals surface area contributed by atoms with Gasteiger partial charge in [0.05, 0.1) is 24.9 Å². The van der Waals surface area contributed by atoms with Crippen molar-refractivity contribution in [2.24, 2.45) is 0 Å². The summed E-state index contributed by atoms with van der Waals surface area (Å²) in [4.78, 5) is 23.4. The van der Waals surface area contributed by atoms with Crippen LogP contribution in [0.15, 0.2) is 17.5 Å². The topological polar surface area (TPSA) is 64.5 Å². The molecular weight excluding hydrogens is 350 g/mol. The Labute approximate surface area is 158 Å². The lowest BCUT2D eigenvalue weighted by atomic mass is 9.98. The minimum Gasteiger partial charge on any atom is -0.480 e. The number of aromatic nitrogens is 2. The predicted octanol–water partition coefficient (Wildman–Crippen LogP) is 3.84. The normalized spacial score (nSPS) is 17.4. The Morgan fingerprint density at radius 2 is 2.12 bits per heavy atom. The SMILES string of the molecule is COC(=O)c1ccc(N2CCCC(c3nc(C(C)C)cs3)C2)nc1OC. The Hall–Kier alpha value is -2.15. The number of piperidine rings is 1. The number of pyridine rings is 1. The van der Waals surface area contributed by atoms with Crippen molar-refractivity contribution in [2.45, 2.75) is 38.5 Å². The Morgan fingerprint density at radius 1 is 1.31 bits per heavy atom. The Morgan fingerprint density at radius 3 is 2.77 bits per heavy atom. The first-order valence-electron chi connectivity index (χ1n) is 8.87. The molecule has 1 unspecified atom stereocenters. The lowest BCUT2D eigenvalue weighted by molar-refractivity contribution is 0.0596. The largest absolute Gasteiger partial charge is 0.480 e. The van der Waals surface area contributed by atoms with Crippen LogP contribution >= 0.6 is 11.3 Å². The van der Waals surface area contributed by atoms with Gasteiger partial charge in [-0.2, -0.15) is 4.98 Å². The van der Waals surface area contributed by atoms with E-state index >= 15 is 0 Å². The van der Waals surface area contributed by atoms with Crippen LogP contribution in [0.1, 0.15) is 59.6 Å². The van der Waals surface area contributed by atoms with E-state index in [0.717, 1.165) is 31.7 Å². The molecule has 0 spiro atoms. The van der Waals surface area contributed by atoms with Crippen molar-refractivity contribution in [3.8, 4) is 5.88 Å². The van der Waals surface area contributed by atoms with Gasteiger partial charge in [-0.1, -0.05) is 13.8 Å². The number of rotatable bonds is 5. The number of ether oxygens (including phenoxy) is 2. The molecular formula is C19H25N3O3S. The highest BCUT2D eigenvalue weighted by Gasteiger charge is 2.26. The van der Waals surface area contributed by atoms with Crippen LogP contribution in [0, 0.1) is 0 Å². The number of carbonyl (C=O) groups excluding carboxylic acids is 1. The van der Waals surface area contributed by atoms with Crippen LogP contribution in [-0.2, 0) is 4.74 Å². The van der Waals surface area contributed by atoms with E-state index in [-0.39, 0.29) is 0 Å². The third-order valence-corrected chi connectivity index (χ3v) is 5.70. The molecule has 0 aliphatic carbocycles. The second-order valence-electron chi connectivity index (χ2n) is 6.77. The first-order chi connectivity index (χ1) is 12.5. The molecule has 2 aromatic heterocycles. The highest BCUT2D eigenvalue weighted by Crippen LogP contribution is 2.33. The molecule has 26 heavy (non-hydrogen) atoms. The molecule has 140 valence electrons. The molecule has 7 heteroatoms. The fraction of sp³-hybridized carbons (Fsp3) is 0.526. The zero-order chi connectivity index (χ0) is 18.7. The molecule has 0 radical (unpaired) electrons. The highest BCUT2D eigenvalue weighted by atomic mass is 32.1. The second-order valence-corrected chi connectivity index (χ2v) is 7.66. The van der Waals surface area contributed by atoms with Gasteiger partial charge < -0.3 is 14.4 Å². The summed E-state index contributed by atoms with van der Waals surface area (Å²) in [5.74, 6) is 1.54. The molecule has 0 amide bonds. The summed E-state index contributed by atoms with van der Waals surface area (Å²) in [7, 11) is 2.87. The van der Waals surface area contributed by atoms with E-state index in [1.165, 1.54) is 24.9 Å². The number of esters is 1. The zero-order valence-corrected chi connectivity index (χ0v) is 16.5. The maximum absolute atomic E-state index is 11.8. The van der Waals surface area contributed by atoms with E-state index < -0.39 is 5.97 Å². The van der Waals surface area contributed by atoms with Crippen LogP contribution in [-0.4, -0.2) is 43.2 Å². The Kier molecular flexibility index (Phi) is 5.76. The maximum Gasteiger partial charge on any atom is 0.343 e. The Balaban J connectivity index is 1.79. The fourth-order valence-corrected chi connectivity index (χ4v) is 4.28. The van der Waals surface area contributed by atoms with E-state index in [4.69, 9.17) is 14.5 Å². The minimum absolute atomic E-state index is 0.299. The van der Waals surface area contributed by atoms with Gasteiger partial charge >= 0.3 is 5.97 Å². The molecule has 0 bridgehead atoms. The molecule has 1 fully saturated rings. The van der Waals surface area contributed by atoms with Crippen LogP contribution in [0.4, 0.5) is 5.82 Å². The van der Waals surface area contributed by atoms with Gasteiger partial charge in [0, 0.05) is 24.4 Å². The van der Waals surface area contributed by atoms with Crippen molar-refractivity contribution in [1.82, 2.24) is 9.97 Å². The number of thiazole rings is 1. The summed E-state index contributed by atoms with van der Waals surface area (Å²) in [6.07, 6.45) is 2.23. The molecule has 1 aliphatic heterocycles. The van der Waals surface area contributed by atoms with Gasteiger partial charge in [-0.3, -0.25) is 0 Å². The molecule has 3 heterocycles. The van der Waals surface area contributed by atoms with Crippen LogP contribution in [0.2, 0.25) is 0 Å². The summed E-state index contributed by atoms with van der Waals surface area (Å²) in [6.45, 7) is 6.15. The average Bonchev–Trinajstić information content (AvgIpc) is 3.17. The maximum atomic E-state index is 11.8. The number of hydrogen-bond acceptors (Lipinski definition) is 7. The van der Waals surface area contributed by atoms with Crippen LogP contribution in [0.5, 0.6) is 5.88 Å². The second kappa shape index (κ2) is 8.03. The molecule has 0 saturated carbocycles. The average molecular weight is 375 g/mol. The van der Waals surface area contributed by atoms with Crippen molar-refractivity contribution in [1.29, 1.82) is 0 Å². The molecule has 3 rings (SSSR count). The molecule has 6 nitrogen and oxygen atoms in total. The third kappa shape index (κ3) is 3.82. The quantitative estimate of drug-likeness (QED) is 0.740. The molecule has 0 aromatic carbocycles. The summed E-state index contributed by atoms with van der Waals surface area (Å²) < 4.78 is 10.1. The summed E-state index contributed by atoms with van der Waals surface area (Å²) in [6, 6.07) is 3.58. The van der Waals surface area contributed by atoms with Crippen molar-refractivity contribution < 1.29 is 14.3 Å². The number of hydrogen-bond donors (Lipinski definition) is 0. The number of nitrogens with zero attached hydrogens (tertiary/aromatic N) is 3. The van der Waals surface area contributed by atoms with Crippen molar-refractivity contribution >= 4 is 23.1 Å². The standard InChI is InChI=1S/C19H25N3O3S/c1-12(2)15-11-26-18(20-15)13-6-5-9-22(10-13)16-8-7-14(19(23)25-4)17(21-16)24-3/h7-8,11-13H,5-6,9-10H2,1-4H3. The molecule has 1 atom stereocenters. The van der Waals surface area contributed by atoms with Crippen molar-refractivity contribution in [2.75, 3.05) is 32.2 Å². The third-order valence-electron chi connectivity index (χ3n) is 4.67. The van der Waals surface area contributed by atoms with Gasteiger partial charge in [-0.15, -0.1) is 11.3 Å². The smallest absolute Gasteiger partial charge is 0.343 e. The van der Waals surface area contributed by atoms with Crippen LogP contribution < -0.4 is 9.64 Å². The minimum atomic E-state index is -0.443. The lowest BCUT2D eigenvalue weighted by Crippen LogP contribution is -2.35. The number of carbonyl (C=O) groups is 1. The molecule has 1 saturated heterocycles. The summed E-state index contributed by atoms with van der Waals surface area (Å²) in [5.41, 5.74) is 1.51. The van der Waals surface area contributed by atoms with E-state index in [9.17, 15) is 4.79 Å². The summed E-state index contributed by atoms with van der Waals surface area (Å²) >= 11 is 1.75. The molecule has 0 N–H and O–H groups in total. The monoisotopic (exact) mass is 375 g/mol. The van der Waals surface area contributed by atoms with Crippen molar-refractivity contribution in [3.05, 3.63) is 33.8 Å². The van der Waals surface area contributed by atoms with Crippen LogP contribution in [0.3, 0.4) is 0 Å². The molecule has 1 aliphatic rings. The van der Waals surface area contributed by atoms with E-state index in [0.29, 0.717) is 23.3 Å². The molecule has 2 aromatic rings. The van der Waals surface area contributed by atoms with E-state index in [1.807, 2.05) is 6.07 Å². The first kappa shape index (κ1) is 18.6. The van der Waals surface area contributed by atoms with Crippen LogP contribution in [0.25, 0.3) is 0 Å². The van der Waals surface area contributed by atoms with E-state index in [2.05, 4.69) is 29.1 Å². The van der Waals surface area contributed by atoms with E-state index in [1.54, 1.807) is 17.4 Å². The van der Waals surface area contributed by atoms with Gasteiger partial charge in [-0.25, -0.2) is 9.78 Å². The van der Waals surface area contributed by atoms with Gasteiger partial charge in [0.1, 0.15) is 11.4 Å². The zero-order valence-electron chi connectivity index (χ0n) is 15.7. The lowest BCUT2D eigenvalue weighted by Gasteiger charge is -2.33. The first-order valence-corrected chi connectivity index (χ1v) is 9.75. The van der Waals surface area contributed by atoms with Gasteiger partial charge in [0.25, 0.3) is 0 Å². The predicted molar refractivity (Wildman–Crippen MR) is 103 cm³/mol. The Bertz CT molecular complexity index is 775. The summed E-state index contributed by atoms with van der Waals surface area (Å²) in [5, 5.41) is 3.38. The number of anilines is 1. The van der Waals surface area contributed by atoms with Gasteiger partial charge in [-0.05, 0) is 30.9 Å².